The molecule has 1 saturated carbocycles. The van der Waals surface area contributed by atoms with E-state index < -0.39 is 0 Å². The van der Waals surface area contributed by atoms with Gasteiger partial charge in [0.15, 0.2) is 0 Å². The molecule has 2 heterocycles. The Morgan fingerprint density at radius 3 is 2.39 bits per heavy atom. The number of rotatable bonds is 3. The van der Waals surface area contributed by atoms with Crippen LogP contribution in [0.25, 0.3) is 0 Å². The van der Waals surface area contributed by atoms with Crippen LogP contribution in [-0.4, -0.2) is 68.8 Å². The Hall–Kier alpha value is 0.0900. The maximum atomic E-state index is 12.9. The summed E-state index contributed by atoms with van der Waals surface area (Å²) in [4.78, 5) is 17.3. The van der Waals surface area contributed by atoms with Crippen LogP contribution in [0.5, 0.6) is 0 Å². The predicted octanol–water partition coefficient (Wildman–Crippen LogP) is 2.76. The summed E-state index contributed by atoms with van der Waals surface area (Å²) in [7, 11) is 0. The second-order valence-electron chi connectivity index (χ2n) is 7.22. The van der Waals surface area contributed by atoms with Crippen molar-refractivity contribution in [2.45, 2.75) is 63.0 Å². The Kier molecular flexibility index (Phi) is 6.58. The van der Waals surface area contributed by atoms with Gasteiger partial charge in [0, 0.05) is 48.3 Å². The van der Waals surface area contributed by atoms with Crippen LogP contribution in [0.15, 0.2) is 0 Å². The summed E-state index contributed by atoms with van der Waals surface area (Å²) in [5.74, 6) is 4.80. The van der Waals surface area contributed by atoms with Crippen LogP contribution in [0.1, 0.15) is 51.4 Å². The molecule has 0 aromatic rings. The van der Waals surface area contributed by atoms with E-state index in [-0.39, 0.29) is 17.6 Å². The summed E-state index contributed by atoms with van der Waals surface area (Å²) in [6.07, 6.45) is 8.23. The quantitative estimate of drug-likeness (QED) is 0.840. The van der Waals surface area contributed by atoms with Crippen LogP contribution >= 0.6 is 23.5 Å². The standard InChI is InChI=1S/C17H30N2O2S2/c20-15-11-17(6-3-1-2-4-7-17)19(12-15)16(21)5-8-18-13-22-9-10-23-14-18/h15,20H,1-14H2. The van der Waals surface area contributed by atoms with Gasteiger partial charge in [0.05, 0.1) is 6.10 Å². The van der Waals surface area contributed by atoms with E-state index in [9.17, 15) is 9.90 Å². The lowest BCUT2D eigenvalue weighted by Gasteiger charge is -2.38. The second-order valence-corrected chi connectivity index (χ2v) is 9.37. The molecule has 1 aliphatic carbocycles. The van der Waals surface area contributed by atoms with Crippen LogP contribution in [0.3, 0.4) is 0 Å². The van der Waals surface area contributed by atoms with Crippen LogP contribution in [0.4, 0.5) is 0 Å². The number of carbonyl (C=O) groups excluding carboxylic acids is 1. The summed E-state index contributed by atoms with van der Waals surface area (Å²) >= 11 is 3.95. The third-order valence-electron chi connectivity index (χ3n) is 5.48. The summed E-state index contributed by atoms with van der Waals surface area (Å²) in [6, 6.07) is 0. The molecule has 1 atom stereocenters. The second kappa shape index (κ2) is 8.45. The summed E-state index contributed by atoms with van der Waals surface area (Å²) in [5, 5.41) is 10.2. The molecular formula is C17H30N2O2S2. The van der Waals surface area contributed by atoms with E-state index in [1.807, 2.05) is 23.5 Å². The number of likely N-dealkylation sites (tertiary alicyclic amines) is 1. The molecule has 4 nitrogen and oxygen atoms in total. The highest BCUT2D eigenvalue weighted by atomic mass is 32.2. The molecule has 2 aliphatic heterocycles. The van der Waals surface area contributed by atoms with Crippen molar-refractivity contribution in [2.24, 2.45) is 0 Å². The topological polar surface area (TPSA) is 43.8 Å². The molecule has 3 fully saturated rings. The number of thioether (sulfide) groups is 2. The number of hydrogen-bond acceptors (Lipinski definition) is 5. The molecule has 1 N–H and O–H groups in total. The Labute approximate surface area is 148 Å². The summed E-state index contributed by atoms with van der Waals surface area (Å²) in [5.41, 5.74) is -0.0325. The van der Waals surface area contributed by atoms with Crippen LogP contribution in [-0.2, 0) is 4.79 Å². The van der Waals surface area contributed by atoms with Gasteiger partial charge in [-0.1, -0.05) is 25.7 Å². The van der Waals surface area contributed by atoms with Gasteiger partial charge in [0.2, 0.25) is 5.91 Å². The smallest absolute Gasteiger partial charge is 0.224 e. The van der Waals surface area contributed by atoms with Crippen molar-refractivity contribution in [3.05, 3.63) is 0 Å². The van der Waals surface area contributed by atoms with Gasteiger partial charge < -0.3 is 10.0 Å². The van der Waals surface area contributed by atoms with Gasteiger partial charge in [0.1, 0.15) is 0 Å². The van der Waals surface area contributed by atoms with Gasteiger partial charge >= 0.3 is 0 Å². The Bertz CT molecular complexity index is 392. The fourth-order valence-electron chi connectivity index (χ4n) is 4.31. The van der Waals surface area contributed by atoms with Crippen molar-refractivity contribution in [1.29, 1.82) is 0 Å². The van der Waals surface area contributed by atoms with Crippen molar-refractivity contribution in [3.63, 3.8) is 0 Å². The van der Waals surface area contributed by atoms with E-state index in [1.54, 1.807) is 0 Å². The molecule has 1 spiro atoms. The normalized spacial score (nSPS) is 29.4. The number of nitrogens with zero attached hydrogens (tertiary/aromatic N) is 2. The number of aliphatic hydroxyl groups excluding tert-OH is 1. The molecule has 0 aromatic carbocycles. The minimum Gasteiger partial charge on any atom is -0.391 e. The number of aliphatic hydroxyl groups is 1. The molecular weight excluding hydrogens is 328 g/mol. The van der Waals surface area contributed by atoms with Crippen molar-refractivity contribution >= 4 is 29.4 Å². The van der Waals surface area contributed by atoms with E-state index >= 15 is 0 Å². The van der Waals surface area contributed by atoms with E-state index in [2.05, 4.69) is 9.80 Å². The maximum absolute atomic E-state index is 12.9. The summed E-state index contributed by atoms with van der Waals surface area (Å²) in [6.45, 7) is 1.42. The van der Waals surface area contributed by atoms with Gasteiger partial charge in [-0.15, -0.1) is 23.5 Å². The van der Waals surface area contributed by atoms with E-state index in [4.69, 9.17) is 0 Å². The Morgan fingerprint density at radius 2 is 1.74 bits per heavy atom. The summed E-state index contributed by atoms with van der Waals surface area (Å²) < 4.78 is 0. The Morgan fingerprint density at radius 1 is 1.09 bits per heavy atom. The molecule has 23 heavy (non-hydrogen) atoms. The zero-order valence-corrected chi connectivity index (χ0v) is 15.7. The largest absolute Gasteiger partial charge is 0.391 e. The number of β-amino-alcohol motifs (C(OH)–C–C–N with tert-alkyl or cyclic N) is 1. The molecule has 1 unspecified atom stereocenters. The molecule has 0 radical (unpaired) electrons. The molecule has 3 aliphatic rings. The zero-order valence-electron chi connectivity index (χ0n) is 14.0. The first-order chi connectivity index (χ1) is 11.2. The third-order valence-corrected chi connectivity index (χ3v) is 7.82. The number of carbonyl (C=O) groups is 1. The number of amides is 1. The molecule has 0 bridgehead atoms. The lowest BCUT2D eigenvalue weighted by Crippen LogP contribution is -2.47. The fourth-order valence-corrected chi connectivity index (χ4v) is 6.58. The van der Waals surface area contributed by atoms with E-state index in [1.165, 1.54) is 37.2 Å². The van der Waals surface area contributed by atoms with Gasteiger partial charge in [-0.2, -0.15) is 0 Å². The molecule has 3 rings (SSSR count). The lowest BCUT2D eigenvalue weighted by molar-refractivity contribution is -0.136. The van der Waals surface area contributed by atoms with Gasteiger partial charge in [-0.25, -0.2) is 0 Å². The van der Waals surface area contributed by atoms with Crippen LogP contribution < -0.4 is 0 Å². The predicted molar refractivity (Wildman–Crippen MR) is 98.7 cm³/mol. The van der Waals surface area contributed by atoms with Gasteiger partial charge in [0.25, 0.3) is 0 Å². The first-order valence-corrected chi connectivity index (χ1v) is 11.4. The van der Waals surface area contributed by atoms with Crippen molar-refractivity contribution in [1.82, 2.24) is 9.80 Å². The third kappa shape index (κ3) is 4.59. The molecule has 1 amide bonds. The first kappa shape index (κ1) is 17.9. The lowest BCUT2D eigenvalue weighted by atomic mass is 9.86. The average Bonchev–Trinajstić information content (AvgIpc) is 2.76. The maximum Gasteiger partial charge on any atom is 0.224 e. The van der Waals surface area contributed by atoms with Gasteiger partial charge in [-0.3, -0.25) is 9.69 Å². The highest BCUT2D eigenvalue weighted by molar-refractivity contribution is 8.03. The van der Waals surface area contributed by atoms with Crippen LogP contribution in [0, 0.1) is 0 Å². The van der Waals surface area contributed by atoms with E-state index in [0.29, 0.717) is 13.0 Å². The average molecular weight is 359 g/mol. The highest BCUT2D eigenvalue weighted by Gasteiger charge is 2.46. The minimum atomic E-state index is -0.318. The van der Waals surface area contributed by atoms with Gasteiger partial charge in [-0.05, 0) is 19.3 Å². The first-order valence-electron chi connectivity index (χ1n) is 9.06. The fraction of sp³-hybridized carbons (Fsp3) is 0.941. The molecule has 6 heteroatoms. The zero-order chi connectivity index (χ0) is 16.1. The molecule has 0 aromatic heterocycles. The Balaban J connectivity index is 1.58. The molecule has 2 saturated heterocycles. The van der Waals surface area contributed by atoms with Crippen molar-refractivity contribution in [2.75, 3.05) is 36.3 Å². The van der Waals surface area contributed by atoms with E-state index in [0.717, 1.165) is 37.6 Å². The van der Waals surface area contributed by atoms with Crippen molar-refractivity contribution in [3.8, 4) is 0 Å². The molecule has 132 valence electrons. The van der Waals surface area contributed by atoms with Crippen molar-refractivity contribution < 1.29 is 9.90 Å². The highest BCUT2D eigenvalue weighted by Crippen LogP contribution is 2.41. The SMILES string of the molecule is O=C(CCN1CSCCSC1)N1CC(O)CC12CCCCCC2. The monoisotopic (exact) mass is 358 g/mol. The van der Waals surface area contributed by atoms with Crippen LogP contribution in [0.2, 0.25) is 0 Å². The number of hydrogen-bond donors (Lipinski definition) is 1. The minimum absolute atomic E-state index is 0.0325.